The first-order valence-electron chi connectivity index (χ1n) is 4.70. The fourth-order valence-corrected chi connectivity index (χ4v) is 1.80. The van der Waals surface area contributed by atoms with Crippen molar-refractivity contribution in [1.82, 2.24) is 0 Å². The highest BCUT2D eigenvalue weighted by Gasteiger charge is 2.09. The van der Waals surface area contributed by atoms with E-state index >= 15 is 0 Å². The summed E-state index contributed by atoms with van der Waals surface area (Å²) in [5.41, 5.74) is 5.32. The Morgan fingerprint density at radius 2 is 2.13 bits per heavy atom. The zero-order valence-electron chi connectivity index (χ0n) is 8.86. The third-order valence-electron chi connectivity index (χ3n) is 1.53. The standard InChI is InChI=1S/C8H17NO2S.H3NOS/c1-2-3-5-12-6-4-7(9)8(10)11;1-3-2/h7H,2-6,9H2,1H3,(H,10,11);1H,3H2/t7-;/m0./s1. The summed E-state index contributed by atoms with van der Waals surface area (Å²) < 4.78 is 14.3. The van der Waals surface area contributed by atoms with Gasteiger partial charge in [-0.2, -0.15) is 11.8 Å². The van der Waals surface area contributed by atoms with Gasteiger partial charge < -0.3 is 10.8 Å². The molecule has 1 atom stereocenters. The van der Waals surface area contributed by atoms with Crippen LogP contribution in [0.15, 0.2) is 0 Å². The van der Waals surface area contributed by atoms with Crippen LogP contribution in [-0.4, -0.2) is 32.8 Å². The van der Waals surface area contributed by atoms with Crippen LogP contribution in [0.5, 0.6) is 0 Å². The maximum Gasteiger partial charge on any atom is 0.320 e. The van der Waals surface area contributed by atoms with Gasteiger partial charge in [-0.25, -0.2) is 0 Å². The molecule has 0 aliphatic carbocycles. The summed E-state index contributed by atoms with van der Waals surface area (Å²) in [6, 6.07) is -0.681. The summed E-state index contributed by atoms with van der Waals surface area (Å²) in [6.45, 7) is 2.14. The zero-order valence-corrected chi connectivity index (χ0v) is 10.7. The number of carbonyl (C=O) groups is 1. The van der Waals surface area contributed by atoms with Gasteiger partial charge in [0.25, 0.3) is 0 Å². The highest BCUT2D eigenvalue weighted by molar-refractivity contribution is 7.99. The van der Waals surface area contributed by atoms with Gasteiger partial charge in [0.2, 0.25) is 0 Å². The van der Waals surface area contributed by atoms with Crippen molar-refractivity contribution in [3.8, 4) is 0 Å². The Labute approximate surface area is 97.9 Å². The van der Waals surface area contributed by atoms with Crippen molar-refractivity contribution in [3.63, 3.8) is 0 Å². The average Bonchev–Trinajstić information content (AvgIpc) is 2.18. The third-order valence-corrected chi connectivity index (χ3v) is 2.63. The fourth-order valence-electron chi connectivity index (χ4n) is 0.682. The number of nitrogens with two attached hydrogens (primary N) is 1. The molecule has 0 bridgehead atoms. The quantitative estimate of drug-likeness (QED) is 0.583. The lowest BCUT2D eigenvalue weighted by atomic mass is 10.2. The number of carboxylic acid groups (broad SMARTS) is 1. The number of thioether (sulfide) groups is 1. The Balaban J connectivity index is 0. The first-order chi connectivity index (χ1) is 7.09. The molecular formula is C8H20N2O3S2. The van der Waals surface area contributed by atoms with Crippen molar-refractivity contribution in [2.45, 2.75) is 32.2 Å². The molecule has 0 saturated heterocycles. The van der Waals surface area contributed by atoms with E-state index < -0.39 is 23.5 Å². The van der Waals surface area contributed by atoms with Crippen molar-refractivity contribution < 1.29 is 14.1 Å². The summed E-state index contributed by atoms with van der Waals surface area (Å²) in [7, 11) is 0. The number of unbranched alkanes of at least 4 members (excludes halogenated alkanes) is 1. The molecule has 0 aromatic rings. The largest absolute Gasteiger partial charge is 0.480 e. The van der Waals surface area contributed by atoms with Crippen molar-refractivity contribution in [2.75, 3.05) is 11.5 Å². The zero-order chi connectivity index (χ0) is 12.1. The fraction of sp³-hybridized carbons (Fsp3) is 0.875. The van der Waals surface area contributed by atoms with Crippen LogP contribution in [0.4, 0.5) is 0 Å². The van der Waals surface area contributed by atoms with E-state index in [4.69, 9.17) is 19.8 Å². The molecule has 0 rings (SSSR count). The summed E-state index contributed by atoms with van der Waals surface area (Å²) in [5, 5.41) is 8.45. The number of carboxylic acids is 1. The van der Waals surface area contributed by atoms with Crippen LogP contribution in [0.3, 0.4) is 0 Å². The van der Waals surface area contributed by atoms with Crippen LogP contribution in [0.2, 0.25) is 0 Å². The lowest BCUT2D eigenvalue weighted by molar-refractivity contribution is -0.138. The van der Waals surface area contributed by atoms with E-state index in [0.29, 0.717) is 6.42 Å². The summed E-state index contributed by atoms with van der Waals surface area (Å²) in [6.07, 6.45) is 2.97. The molecule has 0 radical (unpaired) electrons. The van der Waals surface area contributed by atoms with Gasteiger partial charge in [0.05, 0.1) is 0 Å². The van der Waals surface area contributed by atoms with Gasteiger partial charge in [-0.15, -0.1) is 0 Å². The molecule has 0 fully saturated rings. The van der Waals surface area contributed by atoms with Gasteiger partial charge in [0, 0.05) is 11.5 Å². The van der Waals surface area contributed by atoms with Crippen molar-refractivity contribution in [3.05, 3.63) is 0 Å². The third kappa shape index (κ3) is 16.4. The Kier molecular flexibility index (Phi) is 15.7. The summed E-state index contributed by atoms with van der Waals surface area (Å²) in [5.74, 6) is 1.07. The molecule has 5 nitrogen and oxygen atoms in total. The van der Waals surface area contributed by atoms with Gasteiger partial charge in [-0.05, 0) is 24.3 Å². The van der Waals surface area contributed by atoms with E-state index in [0.717, 1.165) is 11.5 Å². The monoisotopic (exact) mass is 256 g/mol. The number of rotatable bonds is 7. The summed E-state index contributed by atoms with van der Waals surface area (Å²) >= 11 is 0.864. The van der Waals surface area contributed by atoms with E-state index in [-0.39, 0.29) is 0 Å². The molecule has 7 heteroatoms. The maximum absolute atomic E-state index is 10.3. The van der Waals surface area contributed by atoms with Gasteiger partial charge >= 0.3 is 5.97 Å². The molecule has 0 aliphatic heterocycles. The van der Waals surface area contributed by atoms with E-state index in [9.17, 15) is 4.79 Å². The Hall–Kier alpha value is -0.270. The van der Waals surface area contributed by atoms with Crippen LogP contribution in [0, 0.1) is 4.78 Å². The maximum atomic E-state index is 10.3. The molecule has 0 amide bonds. The van der Waals surface area contributed by atoms with Crippen molar-refractivity contribution in [1.29, 1.82) is 4.78 Å². The summed E-state index contributed by atoms with van der Waals surface area (Å²) in [4.78, 5) is 10.3. The van der Waals surface area contributed by atoms with Crippen LogP contribution in [-0.2, 0) is 16.3 Å². The Morgan fingerprint density at radius 1 is 1.60 bits per heavy atom. The van der Waals surface area contributed by atoms with Crippen LogP contribution in [0.25, 0.3) is 0 Å². The van der Waals surface area contributed by atoms with Gasteiger partial charge in [0.1, 0.15) is 6.04 Å². The number of hydrogen-bond donors (Lipinski definition) is 3. The average molecular weight is 256 g/mol. The lowest BCUT2D eigenvalue weighted by Crippen LogP contribution is -2.30. The van der Waals surface area contributed by atoms with Gasteiger partial charge in [0.15, 0.2) is 0 Å². The molecule has 0 aromatic carbocycles. The number of aliphatic carboxylic acids is 1. The topological polar surface area (TPSA) is 104 Å². The predicted octanol–water partition coefficient (Wildman–Crippen LogP) is 0.748. The van der Waals surface area contributed by atoms with E-state index in [1.54, 1.807) is 11.8 Å². The first-order valence-corrected chi connectivity index (χ1v) is 6.76. The van der Waals surface area contributed by atoms with E-state index in [2.05, 4.69) is 6.92 Å². The Morgan fingerprint density at radius 3 is 2.53 bits per heavy atom. The normalized spacial score (nSPS) is 12.1. The molecule has 0 saturated carbocycles. The molecule has 15 heavy (non-hydrogen) atoms. The van der Waals surface area contributed by atoms with E-state index in [1.807, 2.05) is 0 Å². The molecular weight excluding hydrogens is 236 g/mol. The van der Waals surface area contributed by atoms with Crippen molar-refractivity contribution in [2.24, 2.45) is 5.73 Å². The minimum atomic E-state index is -0.917. The molecule has 92 valence electrons. The second kappa shape index (κ2) is 13.7. The second-order valence-electron chi connectivity index (χ2n) is 2.80. The Bertz CT molecular complexity index is 196. The highest BCUT2D eigenvalue weighted by atomic mass is 32.2. The predicted molar refractivity (Wildman–Crippen MR) is 66.1 cm³/mol. The molecule has 0 unspecified atom stereocenters. The number of nitrogens with one attached hydrogen (secondary N) is 1. The minimum absolute atomic E-state index is 0.573. The van der Waals surface area contributed by atoms with Crippen LogP contribution < -0.4 is 5.73 Å². The highest BCUT2D eigenvalue weighted by Crippen LogP contribution is 2.06. The molecule has 0 aromatic heterocycles. The van der Waals surface area contributed by atoms with E-state index in [1.165, 1.54) is 12.8 Å². The van der Waals surface area contributed by atoms with Crippen LogP contribution >= 0.6 is 11.8 Å². The lowest BCUT2D eigenvalue weighted by Gasteiger charge is -2.04. The molecule has 0 aliphatic rings. The second-order valence-corrected chi connectivity index (χ2v) is 4.23. The minimum Gasteiger partial charge on any atom is -0.480 e. The molecule has 0 spiro atoms. The molecule has 4 N–H and O–H groups in total. The SMILES string of the molecule is CCCCSCC[C@H](N)C(=O)O.N=[SH2]=O. The smallest absolute Gasteiger partial charge is 0.320 e. The number of hydrogen-bond acceptors (Lipinski definition) is 5. The van der Waals surface area contributed by atoms with Gasteiger partial charge in [-0.3, -0.25) is 13.8 Å². The van der Waals surface area contributed by atoms with Crippen LogP contribution in [0.1, 0.15) is 26.2 Å². The van der Waals surface area contributed by atoms with Gasteiger partial charge in [-0.1, -0.05) is 13.3 Å². The molecule has 0 heterocycles. The van der Waals surface area contributed by atoms with Crippen molar-refractivity contribution >= 4 is 29.2 Å². The first kappa shape index (κ1) is 17.1.